The number of anilines is 4. The van der Waals surface area contributed by atoms with Gasteiger partial charge in [-0.2, -0.15) is 0 Å². The van der Waals surface area contributed by atoms with E-state index in [1.165, 1.54) is 0 Å². The fourth-order valence-corrected chi connectivity index (χ4v) is 10.9. The smallest absolute Gasteiger partial charge is 0.260 e. The van der Waals surface area contributed by atoms with Gasteiger partial charge in [-0.05, 0) is 147 Å². The predicted molar refractivity (Wildman–Crippen MR) is 313 cm³/mol. The molecule has 6 heteroatoms. The molecule has 0 atom stereocenters. The maximum absolute atomic E-state index is 10.8. The van der Waals surface area contributed by atoms with Crippen molar-refractivity contribution in [2.75, 3.05) is 10.6 Å². The maximum Gasteiger partial charge on any atom is 0.260 e. The van der Waals surface area contributed by atoms with Gasteiger partial charge < -0.3 is 20.1 Å². The number of nitrogens with one attached hydrogen (secondary N) is 2. The molecule has 14 rings (SSSR count). The minimum Gasteiger partial charge on any atom is -0.459 e. The largest absolute Gasteiger partial charge is 0.459 e. The van der Waals surface area contributed by atoms with Crippen LogP contribution in [0.3, 0.4) is 0 Å². The molecule has 0 radical (unpaired) electrons. The summed E-state index contributed by atoms with van der Waals surface area (Å²) in [6.07, 6.45) is 0. The van der Waals surface area contributed by atoms with Gasteiger partial charge in [0.05, 0.1) is 19.2 Å². The molecule has 10 aromatic rings. The van der Waals surface area contributed by atoms with E-state index >= 15 is 0 Å². The topological polar surface area (TPSA) is 42.5 Å². The Labute approximate surface area is 454 Å². The summed E-state index contributed by atoms with van der Waals surface area (Å²) in [5.41, 5.74) is 7.90. The van der Waals surface area contributed by atoms with Crippen LogP contribution in [0.4, 0.5) is 22.7 Å². The molecule has 0 aliphatic carbocycles. The van der Waals surface area contributed by atoms with E-state index in [0.29, 0.717) is 44.7 Å². The van der Waals surface area contributed by atoms with Gasteiger partial charge in [0.2, 0.25) is 0 Å². The van der Waals surface area contributed by atoms with Crippen molar-refractivity contribution in [3.05, 3.63) is 217 Å². The van der Waals surface area contributed by atoms with Crippen LogP contribution < -0.4 is 52.9 Å². The van der Waals surface area contributed by atoms with Gasteiger partial charge >= 0.3 is 0 Å². The van der Waals surface area contributed by atoms with E-state index < -0.39 is 78.6 Å². The van der Waals surface area contributed by atoms with Crippen LogP contribution in [-0.2, 0) is 10.8 Å². The van der Waals surface area contributed by atoms with E-state index in [9.17, 15) is 12.3 Å². The maximum atomic E-state index is 10.8. The van der Waals surface area contributed by atoms with Crippen molar-refractivity contribution >= 4 is 69.0 Å². The van der Waals surface area contributed by atoms with Crippen molar-refractivity contribution in [3.63, 3.8) is 0 Å². The number of hydrogen-bond acceptors (Lipinski definition) is 4. The Balaban J connectivity index is 1.09. The molecule has 0 bridgehead atoms. The van der Waals surface area contributed by atoms with Crippen molar-refractivity contribution in [1.82, 2.24) is 0 Å². The highest BCUT2D eigenvalue weighted by atomic mass is 16.5. The van der Waals surface area contributed by atoms with Gasteiger partial charge in [0.25, 0.3) is 13.4 Å². The number of hydrogen-bond donors (Lipinski definition) is 2. The van der Waals surface area contributed by atoms with Crippen LogP contribution in [0.2, 0.25) is 0 Å². The normalized spacial score (nSPS) is 16.0. The minimum atomic E-state index is -1.40. The monoisotopic (exact) mass is 967 g/mol. The number of para-hydroxylation sites is 2. The lowest BCUT2D eigenvalue weighted by molar-refractivity contribution is 0.467. The highest BCUT2D eigenvalue weighted by molar-refractivity contribution is 7.03. The second-order valence-corrected chi connectivity index (χ2v) is 21.5. The van der Waals surface area contributed by atoms with Crippen molar-refractivity contribution in [1.29, 1.82) is 0 Å². The average Bonchev–Trinajstić information content (AvgIpc) is 0.686. The first-order valence-corrected chi connectivity index (χ1v) is 24.9. The second kappa shape index (κ2) is 16.5. The zero-order valence-electron chi connectivity index (χ0n) is 55.5. The lowest BCUT2D eigenvalue weighted by atomic mass is 9.30. The second-order valence-electron chi connectivity index (χ2n) is 21.5. The zero-order chi connectivity index (χ0) is 62.2. The first-order chi connectivity index (χ1) is 41.8. The van der Waals surface area contributed by atoms with Gasteiger partial charge in [0, 0.05) is 34.3 Å². The summed E-state index contributed by atoms with van der Waals surface area (Å²) in [6, 6.07) is 33.5. The highest BCUT2D eigenvalue weighted by Crippen LogP contribution is 2.47. The summed E-state index contributed by atoms with van der Waals surface area (Å²) >= 11 is 0. The first-order valence-electron chi connectivity index (χ1n) is 31.9. The van der Waals surface area contributed by atoms with Crippen LogP contribution in [0.15, 0.2) is 206 Å². The van der Waals surface area contributed by atoms with Gasteiger partial charge in [-0.25, -0.2) is 0 Å². The van der Waals surface area contributed by atoms with E-state index in [4.69, 9.17) is 16.3 Å². The quantitative estimate of drug-likeness (QED) is 0.169. The lowest BCUT2D eigenvalue weighted by Crippen LogP contribution is -2.63. The standard InChI is InChI=1S/C68H54B2N2O2/c1-67(2,3)48-36-50(45-29-25-43(26-30-45)41-17-9-7-10-18-41)62(51(37-48)46-31-27-44(28-32-46)42-19-11-8-12-20-42)47-33-34-52-55(35-47)71-56-38-49(68(4,5)6)39-57-63(56)70(52)64-58(72-57)40-61-65-66(64)74-60-24-16-14-22-54(60)69(65)53-21-13-15-23-59(53)73-61/h7-40,71-72H,1-6H3/i13D,14D,15D,16D,21D,22D,23D,24D,33D,34D,35D,36D,37D,40D. The first kappa shape index (κ1) is 31.9. The molecular formula is C68H54B2N2O2. The number of ether oxygens (including phenoxy) is 2. The molecular weight excluding hydrogens is 898 g/mol. The Morgan fingerprint density at radius 2 is 0.892 bits per heavy atom. The highest BCUT2D eigenvalue weighted by Gasteiger charge is 2.47. The third kappa shape index (κ3) is 7.14. The molecule has 4 aliphatic rings. The van der Waals surface area contributed by atoms with Gasteiger partial charge in [-0.3, -0.25) is 0 Å². The molecule has 0 saturated heterocycles. The van der Waals surface area contributed by atoms with Crippen LogP contribution in [0, 0.1) is 0 Å². The van der Waals surface area contributed by atoms with E-state index in [1.54, 1.807) is 0 Å². The molecule has 0 aromatic heterocycles. The van der Waals surface area contributed by atoms with Crippen LogP contribution in [-0.4, -0.2) is 13.4 Å². The summed E-state index contributed by atoms with van der Waals surface area (Å²) < 4.78 is 149. The molecule has 0 saturated carbocycles. The zero-order valence-corrected chi connectivity index (χ0v) is 41.5. The molecule has 0 fully saturated rings. The average molecular weight is 967 g/mol. The van der Waals surface area contributed by atoms with E-state index in [2.05, 4.69) is 10.6 Å². The molecule has 10 aromatic carbocycles. The molecule has 0 spiro atoms. The Kier molecular flexibility index (Phi) is 7.12. The van der Waals surface area contributed by atoms with Crippen molar-refractivity contribution in [2.45, 2.75) is 52.4 Å². The summed E-state index contributed by atoms with van der Waals surface area (Å²) in [5, 5.41) is 7.11. The SMILES string of the molecule is [2H]c1c([2H])c([2H])c2c(c1[2H])Oc1c([2H])c3c(c4c1B2c1c([2H])c([2H])c([2H])c([2H])c1O4)B1c2c(cc(C(C)(C)C)cc2N3)Nc2c([2H])c(-c3c(-c4ccc(-c5ccccc5)cc4)c([2H])c(C(C)(C)C)c([2H])c3-c3ccc(-c4ccccc4)cc3)c([2H])c([2H])c21. The lowest BCUT2D eigenvalue weighted by Gasteiger charge is -2.40. The number of rotatable bonds is 5. The Morgan fingerprint density at radius 3 is 1.45 bits per heavy atom. The van der Waals surface area contributed by atoms with Gasteiger partial charge in [0.1, 0.15) is 23.0 Å². The van der Waals surface area contributed by atoms with Crippen LogP contribution in [0.25, 0.3) is 55.6 Å². The van der Waals surface area contributed by atoms with Gasteiger partial charge in [0.15, 0.2) is 0 Å². The minimum absolute atomic E-state index is 0.0128. The van der Waals surface area contributed by atoms with Crippen LogP contribution in [0.1, 0.15) is 71.9 Å². The predicted octanol–water partition coefficient (Wildman–Crippen LogP) is 14.0. The fraction of sp³-hybridized carbons (Fsp3) is 0.118. The van der Waals surface area contributed by atoms with Gasteiger partial charge in [-0.15, -0.1) is 0 Å². The molecule has 4 nitrogen and oxygen atoms in total. The van der Waals surface area contributed by atoms with Gasteiger partial charge in [-0.1, -0.05) is 199 Å². The van der Waals surface area contributed by atoms with E-state index in [0.717, 1.165) is 27.8 Å². The molecule has 74 heavy (non-hydrogen) atoms. The molecule has 0 unspecified atom stereocenters. The van der Waals surface area contributed by atoms with E-state index in [-0.39, 0.29) is 103 Å². The van der Waals surface area contributed by atoms with Crippen molar-refractivity contribution in [2.24, 2.45) is 0 Å². The van der Waals surface area contributed by atoms with Crippen LogP contribution >= 0.6 is 0 Å². The number of benzene rings is 10. The summed E-state index contributed by atoms with van der Waals surface area (Å²) in [6.45, 7) is 9.47. The third-order valence-electron chi connectivity index (χ3n) is 14.7. The molecule has 4 heterocycles. The Morgan fingerprint density at radius 1 is 0.392 bits per heavy atom. The Hall–Kier alpha value is -8.47. The third-order valence-corrected chi connectivity index (χ3v) is 14.7. The molecule has 4 aliphatic heterocycles. The van der Waals surface area contributed by atoms with E-state index in [1.807, 2.05) is 163 Å². The molecule has 354 valence electrons. The van der Waals surface area contributed by atoms with Crippen LogP contribution in [0.5, 0.6) is 23.0 Å². The molecule has 2 N–H and O–H groups in total. The number of fused-ring (bicyclic) bond motifs is 9. The molecule has 0 amide bonds. The Bertz CT molecular complexity index is 4610. The van der Waals surface area contributed by atoms with Crippen molar-refractivity contribution < 1.29 is 28.7 Å². The summed E-state index contributed by atoms with van der Waals surface area (Å²) in [5.74, 6) is -0.864. The fourth-order valence-electron chi connectivity index (χ4n) is 10.9. The summed E-state index contributed by atoms with van der Waals surface area (Å²) in [4.78, 5) is 0. The summed E-state index contributed by atoms with van der Waals surface area (Å²) in [7, 11) is 0. The van der Waals surface area contributed by atoms with Crippen molar-refractivity contribution in [3.8, 4) is 78.6 Å².